The molecule has 0 bridgehead atoms. The number of aryl methyl sites for hydroxylation is 1. The number of nitrogens with zero attached hydrogens (tertiary/aromatic N) is 5. The summed E-state index contributed by atoms with van der Waals surface area (Å²) < 4.78 is 18.8. The Kier molecular flexibility index (Phi) is 5.94. The average molecular weight is 472 g/mol. The summed E-state index contributed by atoms with van der Waals surface area (Å²) in [7, 11) is 0. The van der Waals surface area contributed by atoms with E-state index in [2.05, 4.69) is 10.1 Å². The van der Waals surface area contributed by atoms with Crippen molar-refractivity contribution in [3.8, 4) is 11.4 Å². The summed E-state index contributed by atoms with van der Waals surface area (Å²) >= 11 is 6.27. The maximum absolute atomic E-state index is 15.3. The van der Waals surface area contributed by atoms with Crippen molar-refractivity contribution >= 4 is 22.4 Å². The molecule has 33 heavy (non-hydrogen) atoms. The van der Waals surface area contributed by atoms with Crippen molar-refractivity contribution in [1.29, 1.82) is 0 Å². The van der Waals surface area contributed by atoms with Gasteiger partial charge in [-0.05, 0) is 54.5 Å². The fourth-order valence-electron chi connectivity index (χ4n) is 3.91. The Hall–Kier alpha value is -3.30. The van der Waals surface area contributed by atoms with E-state index in [-0.39, 0.29) is 34.5 Å². The largest absolute Gasteiger partial charge is 0.388 e. The Morgan fingerprint density at radius 3 is 2.48 bits per heavy atom. The first-order chi connectivity index (χ1) is 15.7. The molecule has 0 spiro atoms. The minimum absolute atomic E-state index is 0.0351. The number of fused-ring (bicyclic) bond motifs is 1. The van der Waals surface area contributed by atoms with Gasteiger partial charge in [0.2, 0.25) is 0 Å². The zero-order valence-corrected chi connectivity index (χ0v) is 19.4. The summed E-state index contributed by atoms with van der Waals surface area (Å²) in [5.74, 6) is -0.692. The standard InChI is InChI=1S/C23H23ClFN5O3/c1-5-28-20(11-31)27-30(23(28)33)18-8-14-15(7-17(18)25)22(32)29(10-16(14)12(2)3)19-6-13(4)9-26-21(19)24/h6-10,12,31H,5,11H2,1-4H3. The van der Waals surface area contributed by atoms with Crippen LogP contribution in [0.15, 0.2) is 40.2 Å². The number of aromatic nitrogens is 5. The van der Waals surface area contributed by atoms with Crippen LogP contribution < -0.4 is 11.2 Å². The predicted molar refractivity (Wildman–Crippen MR) is 124 cm³/mol. The first-order valence-electron chi connectivity index (χ1n) is 10.5. The molecule has 0 amide bonds. The highest BCUT2D eigenvalue weighted by Gasteiger charge is 2.21. The topological polar surface area (TPSA) is 94.9 Å². The monoisotopic (exact) mass is 471 g/mol. The normalized spacial score (nSPS) is 11.6. The zero-order chi connectivity index (χ0) is 24.0. The zero-order valence-electron chi connectivity index (χ0n) is 18.6. The van der Waals surface area contributed by atoms with E-state index < -0.39 is 23.7 Å². The maximum atomic E-state index is 15.3. The molecule has 10 heteroatoms. The van der Waals surface area contributed by atoms with Gasteiger partial charge in [0.15, 0.2) is 11.0 Å². The molecule has 3 heterocycles. The Labute approximate surface area is 193 Å². The molecular weight excluding hydrogens is 449 g/mol. The highest BCUT2D eigenvalue weighted by atomic mass is 35.5. The van der Waals surface area contributed by atoms with Crippen molar-refractivity contribution in [2.75, 3.05) is 0 Å². The lowest BCUT2D eigenvalue weighted by Crippen LogP contribution is -2.25. The predicted octanol–water partition coefficient (Wildman–Crippen LogP) is 3.47. The van der Waals surface area contributed by atoms with E-state index in [1.165, 1.54) is 15.2 Å². The van der Waals surface area contributed by atoms with Crippen LogP contribution in [0.3, 0.4) is 0 Å². The number of aliphatic hydroxyl groups is 1. The minimum atomic E-state index is -0.784. The second kappa shape index (κ2) is 8.57. The molecule has 1 N–H and O–H groups in total. The average Bonchev–Trinajstić information content (AvgIpc) is 3.10. The van der Waals surface area contributed by atoms with Crippen molar-refractivity contribution in [2.45, 2.75) is 46.8 Å². The van der Waals surface area contributed by atoms with Gasteiger partial charge < -0.3 is 5.11 Å². The van der Waals surface area contributed by atoms with Crippen LogP contribution in [0.5, 0.6) is 0 Å². The Bertz CT molecular complexity index is 1500. The molecule has 0 aliphatic rings. The molecule has 8 nitrogen and oxygen atoms in total. The molecule has 0 unspecified atom stereocenters. The van der Waals surface area contributed by atoms with Crippen molar-refractivity contribution in [2.24, 2.45) is 0 Å². The number of halogens is 2. The van der Waals surface area contributed by atoms with Crippen molar-refractivity contribution in [1.82, 2.24) is 23.9 Å². The van der Waals surface area contributed by atoms with Gasteiger partial charge in [0.25, 0.3) is 5.56 Å². The molecule has 0 radical (unpaired) electrons. The van der Waals surface area contributed by atoms with Crippen LogP contribution >= 0.6 is 11.6 Å². The number of rotatable bonds is 5. The maximum Gasteiger partial charge on any atom is 0.350 e. The lowest BCUT2D eigenvalue weighted by atomic mass is 9.97. The van der Waals surface area contributed by atoms with Crippen LogP contribution in [-0.2, 0) is 13.2 Å². The van der Waals surface area contributed by atoms with Crippen molar-refractivity contribution < 1.29 is 9.50 Å². The highest BCUT2D eigenvalue weighted by molar-refractivity contribution is 6.31. The van der Waals surface area contributed by atoms with Gasteiger partial charge in [0.1, 0.15) is 18.1 Å². The molecule has 4 rings (SSSR count). The SMILES string of the molecule is CCn1c(CO)nn(-c2cc3c(C(C)C)cn(-c4cc(C)cnc4Cl)c(=O)c3cc2F)c1=O. The molecule has 172 valence electrons. The highest BCUT2D eigenvalue weighted by Crippen LogP contribution is 2.29. The van der Waals surface area contributed by atoms with E-state index in [4.69, 9.17) is 11.6 Å². The molecule has 3 aromatic heterocycles. The van der Waals surface area contributed by atoms with Crippen LogP contribution in [0.2, 0.25) is 5.15 Å². The molecule has 0 aliphatic carbocycles. The number of pyridine rings is 2. The number of hydrogen-bond donors (Lipinski definition) is 1. The van der Waals surface area contributed by atoms with Crippen LogP contribution in [0, 0.1) is 12.7 Å². The molecule has 0 fully saturated rings. The Morgan fingerprint density at radius 1 is 1.15 bits per heavy atom. The van der Waals surface area contributed by atoms with Crippen LogP contribution in [-0.4, -0.2) is 29.0 Å². The second-order valence-electron chi connectivity index (χ2n) is 8.10. The number of benzene rings is 1. The smallest absolute Gasteiger partial charge is 0.350 e. The molecule has 0 saturated carbocycles. The fraction of sp³-hybridized carbons (Fsp3) is 0.304. The third kappa shape index (κ3) is 3.77. The van der Waals surface area contributed by atoms with Crippen molar-refractivity contribution in [3.05, 3.63) is 79.4 Å². The van der Waals surface area contributed by atoms with E-state index in [0.29, 0.717) is 11.1 Å². The van der Waals surface area contributed by atoms with E-state index in [9.17, 15) is 14.7 Å². The quantitative estimate of drug-likeness (QED) is 0.450. The summed E-state index contributed by atoms with van der Waals surface area (Å²) in [5.41, 5.74) is 0.853. The van der Waals surface area contributed by atoms with Gasteiger partial charge >= 0.3 is 5.69 Å². The first-order valence-corrected chi connectivity index (χ1v) is 10.9. The molecule has 0 aliphatic heterocycles. The third-order valence-electron chi connectivity index (χ3n) is 5.58. The Balaban J connectivity index is 2.06. The minimum Gasteiger partial charge on any atom is -0.388 e. The third-order valence-corrected chi connectivity index (χ3v) is 5.87. The lowest BCUT2D eigenvalue weighted by molar-refractivity contribution is 0.264. The van der Waals surface area contributed by atoms with Crippen LogP contribution in [0.1, 0.15) is 43.6 Å². The summed E-state index contributed by atoms with van der Waals surface area (Å²) in [5, 5.41) is 14.4. The summed E-state index contributed by atoms with van der Waals surface area (Å²) in [6.07, 6.45) is 3.27. The molecular formula is C23H23ClFN5O3. The first kappa shape index (κ1) is 22.9. The van der Waals surface area contributed by atoms with Crippen LogP contribution in [0.4, 0.5) is 4.39 Å². The van der Waals surface area contributed by atoms with Gasteiger partial charge in [-0.15, -0.1) is 5.10 Å². The van der Waals surface area contributed by atoms with Gasteiger partial charge in [0.05, 0.1) is 11.1 Å². The van der Waals surface area contributed by atoms with Gasteiger partial charge in [0, 0.05) is 18.9 Å². The summed E-state index contributed by atoms with van der Waals surface area (Å²) in [4.78, 5) is 30.3. The molecule has 1 aromatic carbocycles. The van der Waals surface area contributed by atoms with E-state index in [1.807, 2.05) is 20.8 Å². The van der Waals surface area contributed by atoms with Gasteiger partial charge in [-0.25, -0.2) is 14.2 Å². The van der Waals surface area contributed by atoms with Crippen LogP contribution in [0.25, 0.3) is 22.1 Å². The summed E-state index contributed by atoms with van der Waals surface area (Å²) in [6.45, 7) is 7.28. The van der Waals surface area contributed by atoms with E-state index in [0.717, 1.165) is 21.9 Å². The van der Waals surface area contributed by atoms with Gasteiger partial charge in [-0.2, -0.15) is 4.68 Å². The molecule has 0 saturated heterocycles. The summed E-state index contributed by atoms with van der Waals surface area (Å²) in [6, 6.07) is 4.31. The lowest BCUT2D eigenvalue weighted by Gasteiger charge is -2.16. The molecule has 0 atom stereocenters. The van der Waals surface area contributed by atoms with Crippen molar-refractivity contribution in [3.63, 3.8) is 0 Å². The molecule has 4 aromatic rings. The van der Waals surface area contributed by atoms with E-state index >= 15 is 4.39 Å². The van der Waals surface area contributed by atoms with Gasteiger partial charge in [-0.3, -0.25) is 13.9 Å². The fourth-order valence-corrected chi connectivity index (χ4v) is 4.10. The van der Waals surface area contributed by atoms with E-state index in [1.54, 1.807) is 25.4 Å². The number of aliphatic hydroxyl groups excluding tert-OH is 1. The second-order valence-corrected chi connectivity index (χ2v) is 8.46. The van der Waals surface area contributed by atoms with Gasteiger partial charge in [-0.1, -0.05) is 25.4 Å². The Morgan fingerprint density at radius 2 is 1.88 bits per heavy atom. The number of hydrogen-bond acceptors (Lipinski definition) is 5.